The lowest BCUT2D eigenvalue weighted by Crippen LogP contribution is -2.40. The van der Waals surface area contributed by atoms with Crippen molar-refractivity contribution in [2.75, 3.05) is 19.8 Å². The monoisotopic (exact) mass is 478 g/mol. The summed E-state index contributed by atoms with van der Waals surface area (Å²) >= 11 is 0. The number of hydrogen-bond acceptors (Lipinski definition) is 6. The first kappa shape index (κ1) is 30.1. The van der Waals surface area contributed by atoms with E-state index in [0.717, 1.165) is 30.7 Å². The van der Waals surface area contributed by atoms with Crippen LogP contribution in [0.2, 0.25) is 0 Å². The first-order chi connectivity index (χ1) is 16.3. The molecule has 1 aromatic heterocycles. The second kappa shape index (κ2) is 16.7. The second-order valence-corrected chi connectivity index (χ2v) is 8.55. The van der Waals surface area contributed by atoms with Crippen molar-refractivity contribution in [3.05, 3.63) is 47.7 Å². The highest BCUT2D eigenvalue weighted by Crippen LogP contribution is 2.30. The summed E-state index contributed by atoms with van der Waals surface area (Å²) in [5.74, 6) is 0.563. The number of aliphatic hydroxyl groups is 2. The lowest BCUT2D eigenvalue weighted by atomic mass is 10.1. The van der Waals surface area contributed by atoms with Crippen molar-refractivity contribution in [1.29, 1.82) is 0 Å². The maximum absolute atomic E-state index is 9.90. The van der Waals surface area contributed by atoms with Crippen molar-refractivity contribution in [3.63, 3.8) is 0 Å². The van der Waals surface area contributed by atoms with Crippen LogP contribution in [0.3, 0.4) is 0 Å². The highest BCUT2D eigenvalue weighted by Gasteiger charge is 2.31. The van der Waals surface area contributed by atoms with Gasteiger partial charge in [0.1, 0.15) is 0 Å². The Kier molecular flexibility index (Phi) is 14.7. The van der Waals surface area contributed by atoms with Crippen LogP contribution in [-0.4, -0.2) is 58.3 Å². The maximum atomic E-state index is 9.90. The van der Waals surface area contributed by atoms with E-state index in [-0.39, 0.29) is 18.8 Å². The van der Waals surface area contributed by atoms with Crippen LogP contribution in [-0.2, 0) is 15.9 Å². The van der Waals surface area contributed by atoms with Gasteiger partial charge in [0.25, 0.3) is 0 Å². The van der Waals surface area contributed by atoms with Crippen LogP contribution < -0.4 is 4.74 Å². The summed E-state index contributed by atoms with van der Waals surface area (Å²) in [5.41, 5.74) is 3.61. The number of ether oxygens (including phenoxy) is 3. The minimum Gasteiger partial charge on any atom is -0.446 e. The molecule has 0 radical (unpaired) electrons. The fraction of sp³-hybridized carbons (Fsp3) is 0.667. The zero-order valence-electron chi connectivity index (χ0n) is 22.0. The lowest BCUT2D eigenvalue weighted by Gasteiger charge is -2.31. The van der Waals surface area contributed by atoms with Gasteiger partial charge in [0.2, 0.25) is 12.2 Å². The summed E-state index contributed by atoms with van der Waals surface area (Å²) in [6.07, 6.45) is 10.0. The number of hydrogen-bond donors (Lipinski definition) is 2. The largest absolute Gasteiger partial charge is 0.446 e. The number of nitrogens with zero attached hydrogens (tertiary/aromatic N) is 2. The zero-order valence-corrected chi connectivity index (χ0v) is 22.0. The Labute approximate surface area is 206 Å². The van der Waals surface area contributed by atoms with Crippen molar-refractivity contribution in [2.45, 2.75) is 98.2 Å². The van der Waals surface area contributed by atoms with Crippen molar-refractivity contribution >= 4 is 0 Å². The second-order valence-electron chi connectivity index (χ2n) is 8.55. The van der Waals surface area contributed by atoms with Crippen LogP contribution in [0.4, 0.5) is 0 Å². The molecule has 0 spiro atoms. The molecule has 3 heterocycles. The molecule has 2 aliphatic heterocycles. The third-order valence-corrected chi connectivity index (χ3v) is 6.01. The van der Waals surface area contributed by atoms with Gasteiger partial charge in [0.15, 0.2) is 0 Å². The van der Waals surface area contributed by atoms with Crippen molar-refractivity contribution in [3.8, 4) is 5.88 Å². The predicted molar refractivity (Wildman–Crippen MR) is 137 cm³/mol. The van der Waals surface area contributed by atoms with Crippen molar-refractivity contribution in [2.24, 2.45) is 0 Å². The van der Waals surface area contributed by atoms with Gasteiger partial charge in [-0.25, -0.2) is 0 Å². The average Bonchev–Trinajstić information content (AvgIpc) is 3.47. The molecule has 0 saturated carbocycles. The molecule has 7 nitrogen and oxygen atoms in total. The van der Waals surface area contributed by atoms with Crippen molar-refractivity contribution < 1.29 is 24.4 Å². The summed E-state index contributed by atoms with van der Waals surface area (Å²) in [6, 6.07) is 0.251. The molecule has 4 unspecified atom stereocenters. The first-order valence-corrected chi connectivity index (χ1v) is 12.5. The molecule has 2 N–H and O–H groups in total. The van der Waals surface area contributed by atoms with E-state index in [2.05, 4.69) is 45.4 Å². The Bertz CT molecular complexity index is 765. The summed E-state index contributed by atoms with van der Waals surface area (Å²) in [6.45, 7) is 17.2. The van der Waals surface area contributed by atoms with Crippen LogP contribution in [0.5, 0.6) is 5.88 Å². The molecule has 0 aromatic carbocycles. The molecule has 0 bridgehead atoms. The molecule has 7 heteroatoms. The van der Waals surface area contributed by atoms with E-state index < -0.39 is 12.4 Å². The predicted octanol–water partition coefficient (Wildman–Crippen LogP) is 5.06. The molecule has 3 rings (SSSR count). The van der Waals surface area contributed by atoms with Crippen LogP contribution in [0, 0.1) is 6.92 Å². The molecular formula is C27H46N2O5. The topological polar surface area (TPSA) is 86.0 Å². The molecule has 34 heavy (non-hydrogen) atoms. The molecule has 0 amide bonds. The fourth-order valence-electron chi connectivity index (χ4n) is 3.70. The first-order valence-electron chi connectivity index (χ1n) is 12.5. The third-order valence-electron chi connectivity index (χ3n) is 6.01. The van der Waals surface area contributed by atoms with Crippen LogP contribution in [0.15, 0.2) is 36.5 Å². The van der Waals surface area contributed by atoms with Gasteiger partial charge in [-0.1, -0.05) is 50.3 Å². The van der Waals surface area contributed by atoms with E-state index in [4.69, 9.17) is 14.2 Å². The van der Waals surface area contributed by atoms with E-state index in [0.29, 0.717) is 25.3 Å². The maximum Gasteiger partial charge on any atom is 0.238 e. The van der Waals surface area contributed by atoms with Gasteiger partial charge in [-0.3, -0.25) is 4.68 Å². The number of aliphatic hydroxyl groups excluding tert-OH is 2. The molecule has 2 fully saturated rings. The molecule has 2 aliphatic rings. The van der Waals surface area contributed by atoms with Gasteiger partial charge in [0.05, 0.1) is 31.5 Å². The minimum atomic E-state index is -0.580. The third kappa shape index (κ3) is 9.74. The molecule has 194 valence electrons. The van der Waals surface area contributed by atoms with E-state index in [1.54, 1.807) is 6.08 Å². The molecule has 0 aliphatic carbocycles. The van der Waals surface area contributed by atoms with E-state index in [1.807, 2.05) is 30.7 Å². The smallest absolute Gasteiger partial charge is 0.238 e. The molecule has 2 saturated heterocycles. The Hall–Kier alpha value is -1.93. The fourth-order valence-corrected chi connectivity index (χ4v) is 3.70. The number of aromatic nitrogens is 2. The molecular weight excluding hydrogens is 432 g/mol. The van der Waals surface area contributed by atoms with Gasteiger partial charge in [-0.2, -0.15) is 0 Å². The standard InChI is InChI=1S/C16H26N2O5.C6H12.C5H8/c1-3-14-10(2)18(11-4-5-21-9-11)17-16(14)23-15-7-12(20)6-13(8-19)22-15;1-4-6(3)5-2;1-3-5-4-2/h11-13,15,19-20H,3-9H2,1-2H3;4H,5H2,1-3H3;3-5H,1H2,2H3/b;6-4-;5-4-. The summed E-state index contributed by atoms with van der Waals surface area (Å²) in [5, 5.41) is 23.8. The Morgan fingerprint density at radius 2 is 2.03 bits per heavy atom. The minimum absolute atomic E-state index is 0.121. The van der Waals surface area contributed by atoms with Crippen LogP contribution in [0.1, 0.15) is 77.6 Å². The normalized spacial score (nSPS) is 24.8. The summed E-state index contributed by atoms with van der Waals surface area (Å²) in [4.78, 5) is 0. The highest BCUT2D eigenvalue weighted by atomic mass is 16.7. The molecule has 1 aromatic rings. The Morgan fingerprint density at radius 3 is 2.47 bits per heavy atom. The number of rotatable bonds is 7. The van der Waals surface area contributed by atoms with Crippen LogP contribution >= 0.6 is 0 Å². The zero-order chi connectivity index (χ0) is 25.5. The SMILES string of the molecule is C/C=C(/C)CC.C=C/C=C\C.CCc1c(OC2CC(O)CC(CO)O2)nn(C2CCOC2)c1C. The summed E-state index contributed by atoms with van der Waals surface area (Å²) < 4.78 is 19.1. The summed E-state index contributed by atoms with van der Waals surface area (Å²) in [7, 11) is 0. The van der Waals surface area contributed by atoms with Crippen LogP contribution in [0.25, 0.3) is 0 Å². The quantitative estimate of drug-likeness (QED) is 0.421. The Morgan fingerprint density at radius 1 is 1.29 bits per heavy atom. The molecule has 4 atom stereocenters. The average molecular weight is 479 g/mol. The van der Waals surface area contributed by atoms with Gasteiger partial charge in [0, 0.05) is 30.7 Å². The van der Waals surface area contributed by atoms with E-state index >= 15 is 0 Å². The van der Waals surface area contributed by atoms with Gasteiger partial charge >= 0.3 is 0 Å². The Balaban J connectivity index is 0.000000440. The van der Waals surface area contributed by atoms with Gasteiger partial charge in [-0.05, 0) is 47.0 Å². The van der Waals surface area contributed by atoms with E-state index in [1.165, 1.54) is 12.0 Å². The lowest BCUT2D eigenvalue weighted by molar-refractivity contribution is -0.186. The van der Waals surface area contributed by atoms with Crippen molar-refractivity contribution in [1.82, 2.24) is 9.78 Å². The van der Waals surface area contributed by atoms with Gasteiger partial charge in [-0.15, -0.1) is 5.10 Å². The highest BCUT2D eigenvalue weighted by molar-refractivity contribution is 5.31. The number of allylic oxidation sites excluding steroid dienone is 5. The van der Waals surface area contributed by atoms with E-state index in [9.17, 15) is 10.2 Å². The van der Waals surface area contributed by atoms with Gasteiger partial charge < -0.3 is 24.4 Å².